The lowest BCUT2D eigenvalue weighted by atomic mass is 10.2. The fourth-order valence-electron chi connectivity index (χ4n) is 2.95. The first-order valence-electron chi connectivity index (χ1n) is 11.3. The molecule has 0 N–H and O–H groups in total. The molecule has 0 aromatic heterocycles. The Labute approximate surface area is 221 Å². The lowest BCUT2D eigenvalue weighted by Gasteiger charge is -2.14. The standard InChI is InChI=1S/C26H26O10S2/c1-17-5-13-23(14-6-17)37(29,30)35-19(3)25(27)33-21-9-11-22(12-10-21)34-26(28)20(4)36-38(31,32)24-15-7-18(2)8-16-24/h5-16,19-20H,1-4H3/t19-,20-/m0/s1. The summed E-state index contributed by atoms with van der Waals surface area (Å²) in [5.74, 6) is -1.86. The van der Waals surface area contributed by atoms with Gasteiger partial charge in [-0.2, -0.15) is 16.8 Å². The van der Waals surface area contributed by atoms with Gasteiger partial charge in [-0.25, -0.2) is 9.59 Å². The van der Waals surface area contributed by atoms with Crippen LogP contribution in [0.15, 0.2) is 82.6 Å². The summed E-state index contributed by atoms with van der Waals surface area (Å²) in [6, 6.07) is 17.1. The van der Waals surface area contributed by atoms with Crippen LogP contribution >= 0.6 is 0 Å². The van der Waals surface area contributed by atoms with E-state index in [0.717, 1.165) is 11.1 Å². The van der Waals surface area contributed by atoms with Crippen molar-refractivity contribution in [1.29, 1.82) is 0 Å². The zero-order valence-corrected chi connectivity index (χ0v) is 22.6. The molecular formula is C26H26O10S2. The molecule has 0 fully saturated rings. The van der Waals surface area contributed by atoms with Crippen LogP contribution in [0, 0.1) is 13.8 Å². The quantitative estimate of drug-likeness (QED) is 0.204. The zero-order chi connectivity index (χ0) is 28.1. The molecule has 12 heteroatoms. The number of benzene rings is 3. The third-order valence-corrected chi connectivity index (χ3v) is 7.87. The Kier molecular flexibility index (Phi) is 9.05. The normalized spacial score (nSPS) is 13.4. The third kappa shape index (κ3) is 7.71. The summed E-state index contributed by atoms with van der Waals surface area (Å²) >= 11 is 0. The molecule has 0 aliphatic heterocycles. The molecule has 0 heterocycles. The van der Waals surface area contributed by atoms with Gasteiger partial charge in [0.1, 0.15) is 11.5 Å². The maximum atomic E-state index is 12.4. The van der Waals surface area contributed by atoms with Crippen molar-refractivity contribution in [2.75, 3.05) is 0 Å². The largest absolute Gasteiger partial charge is 0.425 e. The first-order chi connectivity index (χ1) is 17.8. The van der Waals surface area contributed by atoms with Crippen molar-refractivity contribution in [3.8, 4) is 11.5 Å². The minimum atomic E-state index is -4.19. The topological polar surface area (TPSA) is 139 Å². The van der Waals surface area contributed by atoms with Crippen LogP contribution < -0.4 is 9.47 Å². The summed E-state index contributed by atoms with van der Waals surface area (Å²) in [6.45, 7) is 6.07. The van der Waals surface area contributed by atoms with Crippen LogP contribution in [-0.4, -0.2) is 41.0 Å². The van der Waals surface area contributed by atoms with Crippen molar-refractivity contribution in [2.45, 2.75) is 49.7 Å². The molecule has 0 aliphatic rings. The highest BCUT2D eigenvalue weighted by molar-refractivity contribution is 7.87. The van der Waals surface area contributed by atoms with Gasteiger partial charge < -0.3 is 9.47 Å². The summed E-state index contributed by atoms with van der Waals surface area (Å²) in [5, 5.41) is 0. The molecule has 0 saturated carbocycles. The maximum Gasteiger partial charge on any atom is 0.341 e. The Morgan fingerprint density at radius 2 is 0.842 bits per heavy atom. The minimum Gasteiger partial charge on any atom is -0.425 e. The van der Waals surface area contributed by atoms with E-state index in [1.807, 2.05) is 0 Å². The highest BCUT2D eigenvalue weighted by Crippen LogP contribution is 2.21. The van der Waals surface area contributed by atoms with Crippen LogP contribution in [0.3, 0.4) is 0 Å². The average Bonchev–Trinajstić information content (AvgIpc) is 2.85. The highest BCUT2D eigenvalue weighted by Gasteiger charge is 2.27. The Morgan fingerprint density at radius 1 is 0.553 bits per heavy atom. The van der Waals surface area contributed by atoms with Gasteiger partial charge in [-0.05, 0) is 76.2 Å². The Morgan fingerprint density at radius 3 is 1.13 bits per heavy atom. The summed E-state index contributed by atoms with van der Waals surface area (Å²) < 4.78 is 69.6. The molecule has 0 bridgehead atoms. The van der Waals surface area contributed by atoms with Crippen LogP contribution in [0.1, 0.15) is 25.0 Å². The molecule has 10 nitrogen and oxygen atoms in total. The van der Waals surface area contributed by atoms with Gasteiger partial charge in [0.2, 0.25) is 0 Å². The third-order valence-electron chi connectivity index (χ3n) is 5.09. The first-order valence-corrected chi connectivity index (χ1v) is 14.1. The van der Waals surface area contributed by atoms with Gasteiger partial charge in [0, 0.05) is 0 Å². The van der Waals surface area contributed by atoms with E-state index in [0.29, 0.717) is 0 Å². The van der Waals surface area contributed by atoms with Crippen molar-refractivity contribution in [2.24, 2.45) is 0 Å². The van der Waals surface area contributed by atoms with Crippen molar-refractivity contribution in [3.63, 3.8) is 0 Å². The van der Waals surface area contributed by atoms with Crippen LogP contribution in [-0.2, 0) is 38.2 Å². The van der Waals surface area contributed by atoms with Gasteiger partial charge >= 0.3 is 11.9 Å². The van der Waals surface area contributed by atoms with Crippen molar-refractivity contribution in [3.05, 3.63) is 83.9 Å². The summed E-state index contributed by atoms with van der Waals surface area (Å²) in [7, 11) is -8.38. The van der Waals surface area contributed by atoms with E-state index in [-0.39, 0.29) is 21.3 Å². The Bertz CT molecular complexity index is 1380. The number of carbonyl (C=O) groups is 2. The van der Waals surface area contributed by atoms with Crippen molar-refractivity contribution < 1.29 is 44.3 Å². The lowest BCUT2D eigenvalue weighted by Crippen LogP contribution is -2.29. The molecule has 3 rings (SSSR count). The Balaban J connectivity index is 1.55. The fraction of sp³-hybridized carbons (Fsp3) is 0.231. The second-order valence-electron chi connectivity index (χ2n) is 8.32. The van der Waals surface area contributed by atoms with Gasteiger partial charge in [-0.15, -0.1) is 0 Å². The van der Waals surface area contributed by atoms with E-state index in [1.165, 1.54) is 62.4 Å². The number of hydrogen-bond acceptors (Lipinski definition) is 10. The lowest BCUT2D eigenvalue weighted by molar-refractivity contribution is -0.142. The van der Waals surface area contributed by atoms with Crippen LogP contribution in [0.25, 0.3) is 0 Å². The summed E-state index contributed by atoms with van der Waals surface area (Å²) in [4.78, 5) is 24.5. The highest BCUT2D eigenvalue weighted by atomic mass is 32.2. The van der Waals surface area contributed by atoms with Crippen molar-refractivity contribution in [1.82, 2.24) is 0 Å². The van der Waals surface area contributed by atoms with E-state index < -0.39 is 44.4 Å². The van der Waals surface area contributed by atoms with E-state index in [1.54, 1.807) is 38.1 Å². The summed E-state index contributed by atoms with van der Waals surface area (Å²) in [6.07, 6.45) is -2.88. The smallest absolute Gasteiger partial charge is 0.341 e. The molecular weight excluding hydrogens is 536 g/mol. The van der Waals surface area contributed by atoms with Gasteiger partial charge in [0.15, 0.2) is 12.2 Å². The predicted octanol–water partition coefficient (Wildman–Crippen LogP) is 3.70. The fourth-order valence-corrected chi connectivity index (χ4v) is 5.03. The molecule has 0 aliphatic carbocycles. The maximum absolute atomic E-state index is 12.4. The van der Waals surface area contributed by atoms with Gasteiger partial charge in [0.25, 0.3) is 20.2 Å². The second kappa shape index (κ2) is 11.9. The molecule has 3 aromatic carbocycles. The molecule has 2 atom stereocenters. The molecule has 38 heavy (non-hydrogen) atoms. The van der Waals surface area contributed by atoms with E-state index in [4.69, 9.17) is 17.8 Å². The SMILES string of the molecule is Cc1ccc(S(=O)(=O)O[C@@H](C)C(=O)Oc2ccc(OC(=O)[C@H](C)OS(=O)(=O)c3ccc(C)cc3)cc2)cc1. The number of aryl methyl sites for hydroxylation is 2. The van der Waals surface area contributed by atoms with Gasteiger partial charge in [0.05, 0.1) is 9.79 Å². The molecule has 0 radical (unpaired) electrons. The number of hydrogen-bond donors (Lipinski definition) is 0. The Hall–Kier alpha value is -3.58. The minimum absolute atomic E-state index is 0.0317. The van der Waals surface area contributed by atoms with Crippen LogP contribution in [0.4, 0.5) is 0 Å². The molecule has 0 spiro atoms. The second-order valence-corrected chi connectivity index (χ2v) is 11.5. The zero-order valence-electron chi connectivity index (χ0n) is 21.0. The molecule has 202 valence electrons. The van der Waals surface area contributed by atoms with Gasteiger partial charge in [-0.3, -0.25) is 8.37 Å². The van der Waals surface area contributed by atoms with E-state index >= 15 is 0 Å². The number of carbonyl (C=O) groups excluding carboxylic acids is 2. The molecule has 0 amide bonds. The van der Waals surface area contributed by atoms with Gasteiger partial charge in [-0.1, -0.05) is 35.4 Å². The molecule has 3 aromatic rings. The molecule has 0 unspecified atom stereocenters. The number of rotatable bonds is 10. The monoisotopic (exact) mass is 562 g/mol. The average molecular weight is 563 g/mol. The molecule has 0 saturated heterocycles. The van der Waals surface area contributed by atoms with E-state index in [2.05, 4.69) is 0 Å². The predicted molar refractivity (Wildman–Crippen MR) is 136 cm³/mol. The summed E-state index contributed by atoms with van der Waals surface area (Å²) in [5.41, 5.74) is 1.72. The number of ether oxygens (including phenoxy) is 2. The van der Waals surface area contributed by atoms with Crippen LogP contribution in [0.5, 0.6) is 11.5 Å². The van der Waals surface area contributed by atoms with Crippen LogP contribution in [0.2, 0.25) is 0 Å². The van der Waals surface area contributed by atoms with E-state index in [9.17, 15) is 26.4 Å². The van der Waals surface area contributed by atoms with Crippen molar-refractivity contribution >= 4 is 32.2 Å². The number of esters is 2. The first kappa shape index (κ1) is 29.0.